The van der Waals surface area contributed by atoms with Gasteiger partial charge in [0.05, 0.1) is 19.8 Å². The van der Waals surface area contributed by atoms with Gasteiger partial charge in [0.25, 0.3) is 5.91 Å². The SMILES string of the molecule is COc1cccc(COC2CN(CCc3ccccc3)C(=O)CN(C(=O)c3ccc(NC(C)=O)cc3)C2)c1. The smallest absolute Gasteiger partial charge is 0.254 e. The molecule has 1 atom stereocenters. The maximum Gasteiger partial charge on any atom is 0.254 e. The molecule has 38 heavy (non-hydrogen) atoms. The Balaban J connectivity index is 1.49. The van der Waals surface area contributed by atoms with Crippen molar-refractivity contribution in [3.8, 4) is 5.75 Å². The second-order valence-electron chi connectivity index (χ2n) is 9.30. The fourth-order valence-electron chi connectivity index (χ4n) is 4.42. The summed E-state index contributed by atoms with van der Waals surface area (Å²) in [6.07, 6.45) is 0.347. The summed E-state index contributed by atoms with van der Waals surface area (Å²) >= 11 is 0. The first-order valence-corrected chi connectivity index (χ1v) is 12.6. The summed E-state index contributed by atoms with van der Waals surface area (Å²) in [5, 5.41) is 2.69. The number of carbonyl (C=O) groups is 3. The van der Waals surface area contributed by atoms with Gasteiger partial charge in [-0.1, -0.05) is 42.5 Å². The van der Waals surface area contributed by atoms with Crippen LogP contribution in [0.3, 0.4) is 0 Å². The summed E-state index contributed by atoms with van der Waals surface area (Å²) in [4.78, 5) is 41.3. The number of anilines is 1. The molecule has 0 spiro atoms. The monoisotopic (exact) mass is 515 g/mol. The molecule has 4 rings (SSSR count). The van der Waals surface area contributed by atoms with Gasteiger partial charge in [-0.15, -0.1) is 0 Å². The summed E-state index contributed by atoms with van der Waals surface area (Å²) in [5.41, 5.74) is 3.14. The van der Waals surface area contributed by atoms with Gasteiger partial charge in [-0.05, 0) is 53.9 Å². The number of rotatable bonds is 9. The Morgan fingerprint density at radius 2 is 1.68 bits per heavy atom. The maximum atomic E-state index is 13.4. The number of methoxy groups -OCH3 is 1. The van der Waals surface area contributed by atoms with Gasteiger partial charge in [0.1, 0.15) is 12.3 Å². The summed E-state index contributed by atoms with van der Waals surface area (Å²) in [6, 6.07) is 24.3. The number of hydrogen-bond acceptors (Lipinski definition) is 5. The molecule has 0 bridgehead atoms. The maximum absolute atomic E-state index is 13.4. The summed E-state index contributed by atoms with van der Waals surface area (Å²) in [6.45, 7) is 2.94. The van der Waals surface area contributed by atoms with Crippen molar-refractivity contribution in [3.63, 3.8) is 0 Å². The van der Waals surface area contributed by atoms with Crippen LogP contribution in [0.25, 0.3) is 0 Å². The third-order valence-corrected chi connectivity index (χ3v) is 6.40. The van der Waals surface area contributed by atoms with Crippen molar-refractivity contribution in [3.05, 3.63) is 95.6 Å². The highest BCUT2D eigenvalue weighted by molar-refractivity contribution is 5.97. The van der Waals surface area contributed by atoms with Crippen LogP contribution in [0.15, 0.2) is 78.9 Å². The standard InChI is InChI=1S/C30H33N3O5/c1-22(34)31-26-13-11-25(12-14-26)30(36)33-19-28(38-21-24-9-6-10-27(17-24)37-2)18-32(29(35)20-33)16-15-23-7-4-3-5-8-23/h3-14,17,28H,15-16,18-21H2,1-2H3,(H,31,34). The number of amides is 3. The fraction of sp³-hybridized carbons (Fsp3) is 0.300. The van der Waals surface area contributed by atoms with Crippen molar-refractivity contribution in [1.29, 1.82) is 0 Å². The molecular formula is C30H33N3O5. The minimum absolute atomic E-state index is 0.0277. The van der Waals surface area contributed by atoms with Crippen LogP contribution >= 0.6 is 0 Å². The van der Waals surface area contributed by atoms with Gasteiger partial charge in [-0.3, -0.25) is 14.4 Å². The van der Waals surface area contributed by atoms with Crippen LogP contribution in [-0.4, -0.2) is 66.9 Å². The van der Waals surface area contributed by atoms with Crippen LogP contribution in [0.2, 0.25) is 0 Å². The zero-order valence-electron chi connectivity index (χ0n) is 21.8. The van der Waals surface area contributed by atoms with Crippen molar-refractivity contribution in [1.82, 2.24) is 9.80 Å². The van der Waals surface area contributed by atoms with Gasteiger partial charge >= 0.3 is 0 Å². The largest absolute Gasteiger partial charge is 0.497 e. The predicted molar refractivity (Wildman–Crippen MR) is 145 cm³/mol. The lowest BCUT2D eigenvalue weighted by molar-refractivity contribution is -0.131. The lowest BCUT2D eigenvalue weighted by Gasteiger charge is -2.25. The molecule has 198 valence electrons. The molecule has 1 unspecified atom stereocenters. The van der Waals surface area contributed by atoms with Crippen molar-refractivity contribution in [2.24, 2.45) is 0 Å². The van der Waals surface area contributed by atoms with Crippen LogP contribution in [0.5, 0.6) is 5.75 Å². The lowest BCUT2D eigenvalue weighted by Crippen LogP contribution is -2.40. The topological polar surface area (TPSA) is 88.2 Å². The number of hydrogen-bond donors (Lipinski definition) is 1. The molecule has 0 aliphatic carbocycles. The molecule has 0 saturated carbocycles. The second kappa shape index (κ2) is 12.9. The predicted octanol–water partition coefficient (Wildman–Crippen LogP) is 3.77. The summed E-state index contributed by atoms with van der Waals surface area (Å²) in [5.74, 6) is 0.184. The van der Waals surface area contributed by atoms with E-state index in [0.717, 1.165) is 16.9 Å². The van der Waals surface area contributed by atoms with Gasteiger partial charge in [-0.2, -0.15) is 0 Å². The van der Waals surface area contributed by atoms with Crippen LogP contribution < -0.4 is 10.1 Å². The molecule has 1 saturated heterocycles. The fourth-order valence-corrected chi connectivity index (χ4v) is 4.42. The molecule has 3 aromatic rings. The van der Waals surface area contributed by atoms with Crippen LogP contribution in [0.1, 0.15) is 28.4 Å². The van der Waals surface area contributed by atoms with Gasteiger partial charge in [-0.25, -0.2) is 0 Å². The van der Waals surface area contributed by atoms with E-state index in [4.69, 9.17) is 9.47 Å². The number of nitrogens with one attached hydrogen (secondary N) is 1. The quantitative estimate of drug-likeness (QED) is 0.469. The Bertz CT molecular complexity index is 1250. The highest BCUT2D eigenvalue weighted by atomic mass is 16.5. The molecule has 1 aliphatic rings. The van der Waals surface area contributed by atoms with E-state index in [-0.39, 0.29) is 36.9 Å². The van der Waals surface area contributed by atoms with E-state index in [2.05, 4.69) is 5.32 Å². The van der Waals surface area contributed by atoms with Crippen molar-refractivity contribution in [2.45, 2.75) is 26.1 Å². The molecular weight excluding hydrogens is 482 g/mol. The van der Waals surface area contributed by atoms with E-state index in [1.54, 1.807) is 41.2 Å². The van der Waals surface area contributed by atoms with E-state index in [1.807, 2.05) is 54.6 Å². The van der Waals surface area contributed by atoms with Gasteiger partial charge < -0.3 is 24.6 Å². The molecule has 0 radical (unpaired) electrons. The number of benzene rings is 3. The zero-order valence-corrected chi connectivity index (χ0v) is 21.8. The Morgan fingerprint density at radius 3 is 2.39 bits per heavy atom. The van der Waals surface area contributed by atoms with E-state index in [9.17, 15) is 14.4 Å². The average Bonchev–Trinajstić information content (AvgIpc) is 3.09. The Hall–Kier alpha value is -4.17. The number of nitrogens with zero attached hydrogens (tertiary/aromatic N) is 2. The van der Waals surface area contributed by atoms with Crippen LogP contribution in [0, 0.1) is 0 Å². The third kappa shape index (κ3) is 7.43. The third-order valence-electron chi connectivity index (χ3n) is 6.40. The van der Waals surface area contributed by atoms with E-state index in [1.165, 1.54) is 6.92 Å². The Labute approximate surface area is 223 Å². The van der Waals surface area contributed by atoms with E-state index >= 15 is 0 Å². The second-order valence-corrected chi connectivity index (χ2v) is 9.30. The first-order chi connectivity index (χ1) is 18.4. The van der Waals surface area contributed by atoms with Crippen molar-refractivity contribution < 1.29 is 23.9 Å². The molecule has 1 heterocycles. The molecule has 8 heteroatoms. The van der Waals surface area contributed by atoms with E-state index in [0.29, 0.717) is 37.4 Å². The highest BCUT2D eigenvalue weighted by Gasteiger charge is 2.31. The van der Waals surface area contributed by atoms with Crippen molar-refractivity contribution >= 4 is 23.4 Å². The highest BCUT2D eigenvalue weighted by Crippen LogP contribution is 2.18. The number of ether oxygens (including phenoxy) is 2. The summed E-state index contributed by atoms with van der Waals surface area (Å²) in [7, 11) is 1.62. The molecule has 1 aliphatic heterocycles. The molecule has 3 aromatic carbocycles. The minimum Gasteiger partial charge on any atom is -0.497 e. The first-order valence-electron chi connectivity index (χ1n) is 12.6. The van der Waals surface area contributed by atoms with Crippen LogP contribution in [0.4, 0.5) is 5.69 Å². The first kappa shape index (κ1) is 26.9. The molecule has 8 nitrogen and oxygen atoms in total. The lowest BCUT2D eigenvalue weighted by atomic mass is 10.1. The molecule has 3 amide bonds. The molecule has 1 N–H and O–H groups in total. The molecule has 1 fully saturated rings. The van der Waals surface area contributed by atoms with Gasteiger partial charge in [0.2, 0.25) is 11.8 Å². The number of carbonyl (C=O) groups excluding carboxylic acids is 3. The Morgan fingerprint density at radius 1 is 0.947 bits per heavy atom. The zero-order chi connectivity index (χ0) is 26.9. The van der Waals surface area contributed by atoms with Gasteiger partial charge in [0, 0.05) is 37.8 Å². The molecule has 0 aromatic heterocycles. The van der Waals surface area contributed by atoms with Crippen molar-refractivity contribution in [2.75, 3.05) is 38.6 Å². The Kier molecular flexibility index (Phi) is 9.11. The normalized spacial score (nSPS) is 15.6. The van der Waals surface area contributed by atoms with E-state index < -0.39 is 0 Å². The van der Waals surface area contributed by atoms with Gasteiger partial charge in [0.15, 0.2) is 0 Å². The summed E-state index contributed by atoms with van der Waals surface area (Å²) < 4.78 is 11.6. The average molecular weight is 516 g/mol. The minimum atomic E-state index is -0.369. The van der Waals surface area contributed by atoms with Crippen LogP contribution in [-0.2, 0) is 27.4 Å².